The predicted octanol–water partition coefficient (Wildman–Crippen LogP) is 5.92. The molecule has 0 saturated heterocycles. The molecule has 4 aromatic rings. The van der Waals surface area contributed by atoms with Gasteiger partial charge < -0.3 is 15.5 Å². The zero-order chi connectivity index (χ0) is 24.1. The Morgan fingerprint density at radius 2 is 2.06 bits per heavy atom. The molecule has 4 rings (SSSR count). The number of aromatic nitrogens is 2. The number of benzene rings is 2. The summed E-state index contributed by atoms with van der Waals surface area (Å²) in [6.45, 7) is 7.95. The monoisotopic (exact) mass is 452 g/mol. The van der Waals surface area contributed by atoms with Crippen molar-refractivity contribution in [2.45, 2.75) is 32.9 Å². The smallest absolute Gasteiger partial charge is 0.277 e. The molecule has 0 aliphatic heterocycles. The summed E-state index contributed by atoms with van der Waals surface area (Å²) in [4.78, 5) is 18.0. The number of hydrogen-bond donors (Lipinski definition) is 2. The molecule has 0 aliphatic rings. The Balaban J connectivity index is 1.70. The van der Waals surface area contributed by atoms with Gasteiger partial charge >= 0.3 is 0 Å². The van der Waals surface area contributed by atoms with Crippen LogP contribution >= 0.6 is 0 Å². The molecule has 2 aromatic heterocycles. The van der Waals surface area contributed by atoms with Gasteiger partial charge in [-0.2, -0.15) is 0 Å². The lowest BCUT2D eigenvalue weighted by Crippen LogP contribution is -2.28. The lowest BCUT2D eigenvalue weighted by Gasteiger charge is -2.18. The summed E-state index contributed by atoms with van der Waals surface area (Å²) < 4.78 is 7.50. The Labute approximate surface area is 198 Å². The zero-order valence-corrected chi connectivity index (χ0v) is 19.4. The van der Waals surface area contributed by atoms with Crippen molar-refractivity contribution in [2.75, 3.05) is 5.32 Å². The van der Waals surface area contributed by atoms with E-state index in [2.05, 4.69) is 28.7 Å². The van der Waals surface area contributed by atoms with Gasteiger partial charge in [0.15, 0.2) is 0 Å². The van der Waals surface area contributed by atoms with Gasteiger partial charge in [-0.15, -0.1) is 5.73 Å². The van der Waals surface area contributed by atoms with Crippen molar-refractivity contribution < 1.29 is 4.42 Å². The van der Waals surface area contributed by atoms with Gasteiger partial charge in [0.25, 0.3) is 5.56 Å². The van der Waals surface area contributed by atoms with Crippen LogP contribution in [0.15, 0.2) is 94.6 Å². The van der Waals surface area contributed by atoms with Gasteiger partial charge in [0.2, 0.25) is 0 Å². The SMILES string of the molecule is C=C=CCn1c(C(/C=C/CC)=C/N)ncc(NC(C)c2ccc3oc4ccccc4c3c2)c1=O. The molecule has 0 saturated carbocycles. The fourth-order valence-electron chi connectivity index (χ4n) is 3.93. The molecule has 0 bridgehead atoms. The van der Waals surface area contributed by atoms with E-state index in [0.29, 0.717) is 23.6 Å². The largest absolute Gasteiger partial charge is 0.456 e. The zero-order valence-electron chi connectivity index (χ0n) is 19.4. The summed E-state index contributed by atoms with van der Waals surface area (Å²) in [5.41, 5.74) is 12.2. The number of nitrogens with one attached hydrogen (secondary N) is 1. The molecule has 0 radical (unpaired) electrons. The van der Waals surface area contributed by atoms with Gasteiger partial charge in [-0.1, -0.05) is 49.9 Å². The maximum atomic E-state index is 13.4. The first kappa shape index (κ1) is 22.9. The molecule has 2 heterocycles. The minimum Gasteiger partial charge on any atom is -0.456 e. The van der Waals surface area contributed by atoms with E-state index in [1.807, 2.05) is 62.4 Å². The summed E-state index contributed by atoms with van der Waals surface area (Å²) in [5.74, 6) is 0.494. The van der Waals surface area contributed by atoms with E-state index < -0.39 is 0 Å². The van der Waals surface area contributed by atoms with Crippen molar-refractivity contribution in [2.24, 2.45) is 5.73 Å². The molecule has 6 heteroatoms. The van der Waals surface area contributed by atoms with Gasteiger partial charge in [0.05, 0.1) is 12.7 Å². The van der Waals surface area contributed by atoms with Gasteiger partial charge in [-0.3, -0.25) is 9.36 Å². The highest BCUT2D eigenvalue weighted by atomic mass is 16.3. The fourth-order valence-corrected chi connectivity index (χ4v) is 3.93. The first-order valence-corrected chi connectivity index (χ1v) is 11.3. The van der Waals surface area contributed by atoms with Crippen LogP contribution in [0.2, 0.25) is 0 Å². The molecule has 0 fully saturated rings. The molecule has 3 N–H and O–H groups in total. The van der Waals surface area contributed by atoms with Gasteiger partial charge in [-0.25, -0.2) is 4.98 Å². The number of nitrogens with zero attached hydrogens (tertiary/aromatic N) is 2. The molecule has 0 amide bonds. The summed E-state index contributed by atoms with van der Waals surface area (Å²) in [6.07, 6.45) is 9.41. The highest BCUT2D eigenvalue weighted by Gasteiger charge is 2.16. The van der Waals surface area contributed by atoms with Crippen LogP contribution in [0.4, 0.5) is 5.69 Å². The molecule has 2 aromatic carbocycles. The third kappa shape index (κ3) is 4.45. The van der Waals surface area contributed by atoms with Crippen LogP contribution in [0, 0.1) is 0 Å². The summed E-state index contributed by atoms with van der Waals surface area (Å²) in [5, 5.41) is 5.44. The van der Waals surface area contributed by atoms with Gasteiger partial charge in [0.1, 0.15) is 22.7 Å². The van der Waals surface area contributed by atoms with Crippen molar-refractivity contribution in [3.63, 3.8) is 0 Å². The van der Waals surface area contributed by atoms with Gasteiger partial charge in [-0.05, 0) is 43.2 Å². The Morgan fingerprint density at radius 1 is 1.26 bits per heavy atom. The number of anilines is 1. The van der Waals surface area contributed by atoms with E-state index in [-0.39, 0.29) is 11.6 Å². The molecule has 1 unspecified atom stereocenters. The molecule has 0 aliphatic carbocycles. The normalized spacial score (nSPS) is 12.8. The third-order valence-electron chi connectivity index (χ3n) is 5.71. The second-order valence-electron chi connectivity index (χ2n) is 7.97. The Bertz CT molecular complexity index is 1500. The van der Waals surface area contributed by atoms with Crippen LogP contribution in [0.1, 0.15) is 37.7 Å². The lowest BCUT2D eigenvalue weighted by atomic mass is 10.0. The van der Waals surface area contributed by atoms with Gasteiger partial charge in [0, 0.05) is 28.6 Å². The molecule has 172 valence electrons. The van der Waals surface area contributed by atoms with Crippen molar-refractivity contribution in [1.82, 2.24) is 9.55 Å². The Hall–Kier alpha value is -4.28. The van der Waals surface area contributed by atoms with E-state index in [4.69, 9.17) is 10.2 Å². The second-order valence-corrected chi connectivity index (χ2v) is 7.97. The van der Waals surface area contributed by atoms with Crippen molar-refractivity contribution >= 4 is 33.2 Å². The first-order chi connectivity index (χ1) is 16.6. The Morgan fingerprint density at radius 3 is 2.82 bits per heavy atom. The van der Waals surface area contributed by atoms with Crippen LogP contribution in [0.25, 0.3) is 27.5 Å². The summed E-state index contributed by atoms with van der Waals surface area (Å²) in [6, 6.07) is 13.9. The molecule has 1 atom stereocenters. The van der Waals surface area contributed by atoms with Crippen LogP contribution in [0.5, 0.6) is 0 Å². The van der Waals surface area contributed by atoms with E-state index in [1.165, 1.54) is 6.20 Å². The standard InChI is InChI=1S/C28H28N4O2/c1-4-6-10-21(17-29)27-30-18-24(28(33)32(27)15-7-5-2)31-19(3)20-13-14-26-23(16-20)22-11-8-9-12-25(22)34-26/h6-14,16-19,31H,2,4,15,29H2,1,3H3/b10-6+,21-17+. The van der Waals surface area contributed by atoms with E-state index in [9.17, 15) is 4.79 Å². The number of rotatable bonds is 8. The highest BCUT2D eigenvalue weighted by Crippen LogP contribution is 2.31. The topological polar surface area (TPSA) is 86.1 Å². The fraction of sp³-hybridized carbons (Fsp3) is 0.179. The van der Waals surface area contributed by atoms with Crippen molar-refractivity contribution in [1.29, 1.82) is 0 Å². The quantitative estimate of drug-likeness (QED) is 0.256. The van der Waals surface area contributed by atoms with Crippen molar-refractivity contribution in [3.8, 4) is 0 Å². The lowest BCUT2D eigenvalue weighted by molar-refractivity contribution is 0.668. The number of fused-ring (bicyclic) bond motifs is 3. The minimum absolute atomic E-state index is 0.133. The summed E-state index contributed by atoms with van der Waals surface area (Å²) in [7, 11) is 0. The number of para-hydroxylation sites is 1. The highest BCUT2D eigenvalue weighted by molar-refractivity contribution is 6.05. The van der Waals surface area contributed by atoms with Crippen molar-refractivity contribution in [3.05, 3.63) is 107 Å². The van der Waals surface area contributed by atoms with E-state index in [0.717, 1.165) is 33.9 Å². The molecular formula is C28H28N4O2. The number of nitrogens with two attached hydrogens (primary N) is 1. The third-order valence-corrected chi connectivity index (χ3v) is 5.71. The van der Waals surface area contributed by atoms with Crippen LogP contribution in [-0.2, 0) is 6.54 Å². The average molecular weight is 453 g/mol. The average Bonchev–Trinajstić information content (AvgIpc) is 3.23. The Kier molecular flexibility index (Phi) is 6.81. The molecular weight excluding hydrogens is 424 g/mol. The number of allylic oxidation sites excluding steroid dienone is 4. The minimum atomic E-state index is -0.192. The molecule has 6 nitrogen and oxygen atoms in total. The van der Waals surface area contributed by atoms with Crippen LogP contribution in [-0.4, -0.2) is 9.55 Å². The maximum absolute atomic E-state index is 13.4. The summed E-state index contributed by atoms with van der Waals surface area (Å²) >= 11 is 0. The molecule has 34 heavy (non-hydrogen) atoms. The van der Waals surface area contributed by atoms with E-state index in [1.54, 1.807) is 16.8 Å². The number of hydrogen-bond acceptors (Lipinski definition) is 5. The predicted molar refractivity (Wildman–Crippen MR) is 140 cm³/mol. The second kappa shape index (κ2) is 10.1. The first-order valence-electron chi connectivity index (χ1n) is 11.3. The van der Waals surface area contributed by atoms with E-state index >= 15 is 0 Å². The maximum Gasteiger partial charge on any atom is 0.277 e. The molecule has 0 spiro atoms. The van der Waals surface area contributed by atoms with Crippen LogP contribution in [0.3, 0.4) is 0 Å². The van der Waals surface area contributed by atoms with Crippen LogP contribution < -0.4 is 16.6 Å². The number of furan rings is 1.